The number of hydrogen-bond acceptors (Lipinski definition) is 6. The summed E-state index contributed by atoms with van der Waals surface area (Å²) >= 11 is 1.45. The topological polar surface area (TPSA) is 80.8 Å². The SMILES string of the molecule is COc1ccc(C(C)=O)cc1CSc1nnc2c(n1)[nH]c1ccccc12. The van der Waals surface area contributed by atoms with E-state index in [9.17, 15) is 4.79 Å². The molecule has 0 saturated heterocycles. The van der Waals surface area contributed by atoms with Crippen LogP contribution in [0.2, 0.25) is 0 Å². The molecule has 4 rings (SSSR count). The maximum atomic E-state index is 11.6. The van der Waals surface area contributed by atoms with Gasteiger partial charge < -0.3 is 9.72 Å². The largest absolute Gasteiger partial charge is 0.496 e. The molecule has 6 nitrogen and oxygen atoms in total. The minimum absolute atomic E-state index is 0.0244. The van der Waals surface area contributed by atoms with Gasteiger partial charge in [0.2, 0.25) is 5.16 Å². The Morgan fingerprint density at radius 3 is 2.85 bits per heavy atom. The van der Waals surface area contributed by atoms with Gasteiger partial charge in [-0.2, -0.15) is 0 Å². The van der Waals surface area contributed by atoms with Crippen molar-refractivity contribution in [2.45, 2.75) is 17.8 Å². The molecule has 2 aromatic heterocycles. The molecule has 0 atom stereocenters. The number of Topliss-reactive ketones (excluding diaryl/α,β-unsaturated/α-hetero) is 1. The van der Waals surface area contributed by atoms with Crippen LogP contribution < -0.4 is 4.74 Å². The smallest absolute Gasteiger partial charge is 0.211 e. The Hall–Kier alpha value is -2.93. The number of ether oxygens (including phenoxy) is 1. The molecule has 0 aliphatic rings. The summed E-state index contributed by atoms with van der Waals surface area (Å²) < 4.78 is 5.39. The number of benzene rings is 2. The molecule has 0 radical (unpaired) electrons. The van der Waals surface area contributed by atoms with Gasteiger partial charge in [-0.15, -0.1) is 10.2 Å². The Morgan fingerprint density at radius 2 is 2.04 bits per heavy atom. The van der Waals surface area contributed by atoms with Crippen LogP contribution in [0.3, 0.4) is 0 Å². The number of fused-ring (bicyclic) bond motifs is 3. The fourth-order valence-corrected chi connectivity index (χ4v) is 3.58. The number of methoxy groups -OCH3 is 1. The Kier molecular flexibility index (Phi) is 4.30. The fourth-order valence-electron chi connectivity index (χ4n) is 2.82. The van der Waals surface area contributed by atoms with Gasteiger partial charge in [-0.1, -0.05) is 30.0 Å². The Morgan fingerprint density at radius 1 is 1.19 bits per heavy atom. The highest BCUT2D eigenvalue weighted by Crippen LogP contribution is 2.28. The van der Waals surface area contributed by atoms with Crippen molar-refractivity contribution in [3.8, 4) is 5.75 Å². The summed E-state index contributed by atoms with van der Waals surface area (Å²) in [6, 6.07) is 13.3. The van der Waals surface area contributed by atoms with E-state index in [1.165, 1.54) is 11.8 Å². The molecular weight excluding hydrogens is 348 g/mol. The van der Waals surface area contributed by atoms with Crippen LogP contribution in [0.1, 0.15) is 22.8 Å². The van der Waals surface area contributed by atoms with Gasteiger partial charge in [0.1, 0.15) is 11.3 Å². The van der Waals surface area contributed by atoms with Crippen LogP contribution in [0, 0.1) is 0 Å². The van der Waals surface area contributed by atoms with Crippen molar-refractivity contribution in [3.05, 3.63) is 53.6 Å². The summed E-state index contributed by atoms with van der Waals surface area (Å²) in [5, 5.41) is 10.1. The van der Waals surface area contributed by atoms with Crippen molar-refractivity contribution >= 4 is 39.6 Å². The maximum Gasteiger partial charge on any atom is 0.211 e. The minimum atomic E-state index is 0.0244. The van der Waals surface area contributed by atoms with E-state index in [-0.39, 0.29) is 5.78 Å². The summed E-state index contributed by atoms with van der Waals surface area (Å²) in [5.74, 6) is 1.34. The number of para-hydroxylation sites is 1. The third kappa shape index (κ3) is 3.01. The summed E-state index contributed by atoms with van der Waals surface area (Å²) in [4.78, 5) is 19.5. The number of hydrogen-bond donors (Lipinski definition) is 1. The van der Waals surface area contributed by atoms with E-state index in [0.717, 1.165) is 27.7 Å². The summed E-state index contributed by atoms with van der Waals surface area (Å²) in [6.07, 6.45) is 0. The number of thioether (sulfide) groups is 1. The lowest BCUT2D eigenvalue weighted by molar-refractivity contribution is 0.101. The predicted molar refractivity (Wildman–Crippen MR) is 102 cm³/mol. The molecule has 0 fully saturated rings. The zero-order valence-corrected chi connectivity index (χ0v) is 15.1. The van der Waals surface area contributed by atoms with Gasteiger partial charge in [-0.3, -0.25) is 4.79 Å². The number of aromatic amines is 1. The maximum absolute atomic E-state index is 11.6. The van der Waals surface area contributed by atoms with Gasteiger partial charge >= 0.3 is 0 Å². The van der Waals surface area contributed by atoms with Gasteiger partial charge in [-0.25, -0.2) is 4.98 Å². The lowest BCUT2D eigenvalue weighted by atomic mass is 10.1. The molecule has 26 heavy (non-hydrogen) atoms. The number of nitrogens with one attached hydrogen (secondary N) is 1. The molecule has 0 unspecified atom stereocenters. The van der Waals surface area contributed by atoms with Crippen LogP contribution in [-0.4, -0.2) is 33.1 Å². The van der Waals surface area contributed by atoms with Crippen LogP contribution in [0.25, 0.3) is 22.1 Å². The summed E-state index contributed by atoms with van der Waals surface area (Å²) in [5.41, 5.74) is 4.05. The molecule has 0 aliphatic carbocycles. The fraction of sp³-hybridized carbons (Fsp3) is 0.158. The molecule has 1 N–H and O–H groups in total. The molecule has 0 amide bonds. The number of aromatic nitrogens is 4. The molecule has 7 heteroatoms. The van der Waals surface area contributed by atoms with Crippen LogP contribution in [0.5, 0.6) is 5.75 Å². The van der Waals surface area contributed by atoms with E-state index >= 15 is 0 Å². The molecule has 0 bridgehead atoms. The van der Waals surface area contributed by atoms with Crippen molar-refractivity contribution in [2.75, 3.05) is 7.11 Å². The van der Waals surface area contributed by atoms with Gasteiger partial charge in [0.25, 0.3) is 0 Å². The second-order valence-electron chi connectivity index (χ2n) is 5.83. The normalized spacial score (nSPS) is 11.2. The summed E-state index contributed by atoms with van der Waals surface area (Å²) in [7, 11) is 1.62. The monoisotopic (exact) mass is 364 g/mol. The van der Waals surface area contributed by atoms with E-state index in [4.69, 9.17) is 4.74 Å². The van der Waals surface area contributed by atoms with Crippen LogP contribution in [0.4, 0.5) is 0 Å². The number of H-pyrrole nitrogens is 1. The van der Waals surface area contributed by atoms with Crippen molar-refractivity contribution in [3.63, 3.8) is 0 Å². The van der Waals surface area contributed by atoms with Crippen LogP contribution in [0.15, 0.2) is 47.6 Å². The van der Waals surface area contributed by atoms with E-state index in [0.29, 0.717) is 22.1 Å². The lowest BCUT2D eigenvalue weighted by Crippen LogP contribution is -1.98. The molecular formula is C19H16N4O2S. The van der Waals surface area contributed by atoms with Crippen molar-refractivity contribution < 1.29 is 9.53 Å². The molecule has 2 aromatic carbocycles. The number of carbonyl (C=O) groups is 1. The molecule has 0 saturated carbocycles. The van der Waals surface area contributed by atoms with Crippen molar-refractivity contribution in [2.24, 2.45) is 0 Å². The highest BCUT2D eigenvalue weighted by Gasteiger charge is 2.12. The molecule has 0 aliphatic heterocycles. The third-order valence-electron chi connectivity index (χ3n) is 4.15. The Bertz CT molecular complexity index is 1120. The number of nitrogens with zero attached hydrogens (tertiary/aromatic N) is 3. The Balaban J connectivity index is 1.62. The second kappa shape index (κ2) is 6.76. The van der Waals surface area contributed by atoms with E-state index < -0.39 is 0 Å². The quantitative estimate of drug-likeness (QED) is 0.426. The minimum Gasteiger partial charge on any atom is -0.496 e. The first-order chi connectivity index (χ1) is 12.7. The number of carbonyl (C=O) groups excluding carboxylic acids is 1. The van der Waals surface area contributed by atoms with Gasteiger partial charge in [-0.05, 0) is 31.2 Å². The van der Waals surface area contributed by atoms with E-state index in [1.54, 1.807) is 20.1 Å². The first kappa shape index (κ1) is 16.5. The Labute approximate surface area is 154 Å². The average Bonchev–Trinajstić information content (AvgIpc) is 3.03. The van der Waals surface area contributed by atoms with Gasteiger partial charge in [0, 0.05) is 27.8 Å². The van der Waals surface area contributed by atoms with Gasteiger partial charge in [0.05, 0.1) is 7.11 Å². The molecule has 4 aromatic rings. The van der Waals surface area contributed by atoms with Gasteiger partial charge in [0.15, 0.2) is 11.4 Å². The van der Waals surface area contributed by atoms with E-state index in [2.05, 4.69) is 20.2 Å². The highest BCUT2D eigenvalue weighted by atomic mass is 32.2. The zero-order chi connectivity index (χ0) is 18.1. The predicted octanol–water partition coefficient (Wildman–Crippen LogP) is 4.01. The molecule has 2 heterocycles. The van der Waals surface area contributed by atoms with Crippen molar-refractivity contribution in [1.82, 2.24) is 20.2 Å². The first-order valence-electron chi connectivity index (χ1n) is 8.07. The van der Waals surface area contributed by atoms with Crippen LogP contribution >= 0.6 is 11.8 Å². The third-order valence-corrected chi connectivity index (χ3v) is 5.03. The van der Waals surface area contributed by atoms with E-state index in [1.807, 2.05) is 36.4 Å². The second-order valence-corrected chi connectivity index (χ2v) is 6.78. The molecule has 0 spiro atoms. The lowest BCUT2D eigenvalue weighted by Gasteiger charge is -2.09. The molecule has 130 valence electrons. The van der Waals surface area contributed by atoms with Crippen LogP contribution in [-0.2, 0) is 5.75 Å². The number of ketones is 1. The number of rotatable bonds is 5. The standard InChI is InChI=1S/C19H16N4O2S/c1-11(24)12-7-8-16(25-2)13(9-12)10-26-19-21-18-17(22-23-19)14-5-3-4-6-15(14)20-18/h3-9H,10H2,1-2H3,(H,20,21,23). The van der Waals surface area contributed by atoms with Crippen molar-refractivity contribution in [1.29, 1.82) is 0 Å². The average molecular weight is 364 g/mol. The first-order valence-corrected chi connectivity index (χ1v) is 9.06. The zero-order valence-electron chi connectivity index (χ0n) is 14.3. The highest BCUT2D eigenvalue weighted by molar-refractivity contribution is 7.98. The summed E-state index contributed by atoms with van der Waals surface area (Å²) in [6.45, 7) is 1.55.